The first kappa shape index (κ1) is 11.2. The molecular formula is C13H19NO2. The van der Waals surface area contributed by atoms with E-state index in [1.807, 2.05) is 0 Å². The summed E-state index contributed by atoms with van der Waals surface area (Å²) in [4.78, 5) is 10.8. The van der Waals surface area contributed by atoms with Gasteiger partial charge in [-0.25, -0.2) is 0 Å². The Morgan fingerprint density at radius 2 is 2.00 bits per heavy atom. The third-order valence-corrected chi connectivity index (χ3v) is 3.71. The van der Waals surface area contributed by atoms with Crippen LogP contribution < -0.4 is 0 Å². The number of hydrogen-bond donors (Lipinski definition) is 1. The van der Waals surface area contributed by atoms with E-state index in [0.29, 0.717) is 18.4 Å². The van der Waals surface area contributed by atoms with Gasteiger partial charge < -0.3 is 9.67 Å². The molecule has 0 saturated heterocycles. The SMILES string of the molecule is Cc1ccc(C)n1C1CCCC1CC(=O)O. The molecule has 1 N–H and O–H groups in total. The Balaban J connectivity index is 2.23. The predicted octanol–water partition coefficient (Wildman–Crippen LogP) is 2.92. The van der Waals surface area contributed by atoms with Gasteiger partial charge in [-0.05, 0) is 44.7 Å². The highest BCUT2D eigenvalue weighted by Gasteiger charge is 2.31. The molecule has 88 valence electrons. The van der Waals surface area contributed by atoms with Gasteiger partial charge in [0.15, 0.2) is 0 Å². The summed E-state index contributed by atoms with van der Waals surface area (Å²) in [6, 6.07) is 4.63. The summed E-state index contributed by atoms with van der Waals surface area (Å²) in [6.45, 7) is 4.20. The Bertz CT molecular complexity index is 375. The average molecular weight is 221 g/mol. The first-order chi connectivity index (χ1) is 7.59. The van der Waals surface area contributed by atoms with E-state index in [9.17, 15) is 4.79 Å². The van der Waals surface area contributed by atoms with Crippen molar-refractivity contribution in [2.24, 2.45) is 5.92 Å². The maximum atomic E-state index is 10.8. The smallest absolute Gasteiger partial charge is 0.303 e. The van der Waals surface area contributed by atoms with Crippen molar-refractivity contribution in [3.63, 3.8) is 0 Å². The van der Waals surface area contributed by atoms with E-state index in [1.54, 1.807) is 0 Å². The summed E-state index contributed by atoms with van der Waals surface area (Å²) >= 11 is 0. The Labute approximate surface area is 96.1 Å². The van der Waals surface area contributed by atoms with E-state index in [-0.39, 0.29) is 0 Å². The van der Waals surface area contributed by atoms with Crippen LogP contribution in [0.2, 0.25) is 0 Å². The quantitative estimate of drug-likeness (QED) is 0.852. The second kappa shape index (κ2) is 4.32. The minimum Gasteiger partial charge on any atom is -0.481 e. The second-order valence-electron chi connectivity index (χ2n) is 4.84. The first-order valence-electron chi connectivity index (χ1n) is 5.96. The Morgan fingerprint density at radius 3 is 2.56 bits per heavy atom. The fourth-order valence-corrected chi connectivity index (χ4v) is 3.02. The van der Waals surface area contributed by atoms with E-state index < -0.39 is 5.97 Å². The lowest BCUT2D eigenvalue weighted by molar-refractivity contribution is -0.138. The highest BCUT2D eigenvalue weighted by Crippen LogP contribution is 2.39. The van der Waals surface area contributed by atoms with E-state index in [1.165, 1.54) is 11.4 Å². The van der Waals surface area contributed by atoms with Gasteiger partial charge in [0, 0.05) is 17.4 Å². The molecule has 1 aliphatic carbocycles. The van der Waals surface area contributed by atoms with Gasteiger partial charge in [-0.3, -0.25) is 4.79 Å². The van der Waals surface area contributed by atoms with Gasteiger partial charge in [0.2, 0.25) is 0 Å². The summed E-state index contributed by atoms with van der Waals surface area (Å²) in [5, 5.41) is 8.92. The number of aromatic nitrogens is 1. The predicted molar refractivity (Wildman–Crippen MR) is 62.5 cm³/mol. The molecule has 0 spiro atoms. The van der Waals surface area contributed by atoms with E-state index in [4.69, 9.17) is 5.11 Å². The highest BCUT2D eigenvalue weighted by atomic mass is 16.4. The topological polar surface area (TPSA) is 42.2 Å². The van der Waals surface area contributed by atoms with Crippen molar-refractivity contribution in [1.82, 2.24) is 4.57 Å². The van der Waals surface area contributed by atoms with E-state index >= 15 is 0 Å². The molecule has 2 atom stereocenters. The van der Waals surface area contributed by atoms with Gasteiger partial charge in [-0.2, -0.15) is 0 Å². The number of rotatable bonds is 3. The standard InChI is InChI=1S/C13H19NO2/c1-9-6-7-10(2)14(9)12-5-3-4-11(12)8-13(15)16/h6-7,11-12H,3-5,8H2,1-2H3,(H,15,16). The van der Waals surface area contributed by atoms with Gasteiger partial charge in [-0.1, -0.05) is 6.42 Å². The molecule has 0 bridgehead atoms. The second-order valence-corrected chi connectivity index (χ2v) is 4.84. The van der Waals surface area contributed by atoms with E-state index in [2.05, 4.69) is 30.5 Å². The summed E-state index contributed by atoms with van der Waals surface area (Å²) in [5.74, 6) is -0.360. The zero-order valence-electron chi connectivity index (χ0n) is 9.94. The van der Waals surface area contributed by atoms with Crippen LogP contribution in [-0.2, 0) is 4.79 Å². The molecule has 0 radical (unpaired) electrons. The molecule has 0 aliphatic heterocycles. The lowest BCUT2D eigenvalue weighted by atomic mass is 9.99. The van der Waals surface area contributed by atoms with Crippen LogP contribution in [0.25, 0.3) is 0 Å². The van der Waals surface area contributed by atoms with Crippen molar-refractivity contribution in [2.45, 2.75) is 45.6 Å². The van der Waals surface area contributed by atoms with Crippen molar-refractivity contribution in [2.75, 3.05) is 0 Å². The normalized spacial score (nSPS) is 24.9. The molecule has 16 heavy (non-hydrogen) atoms. The number of carboxylic acid groups (broad SMARTS) is 1. The molecule has 1 heterocycles. The van der Waals surface area contributed by atoms with Crippen LogP contribution in [0.4, 0.5) is 0 Å². The molecule has 2 unspecified atom stereocenters. The molecule has 1 aliphatic rings. The lowest BCUT2D eigenvalue weighted by Crippen LogP contribution is -2.19. The number of nitrogens with zero attached hydrogens (tertiary/aromatic N) is 1. The number of carbonyl (C=O) groups is 1. The molecular weight excluding hydrogens is 202 g/mol. The molecule has 3 nitrogen and oxygen atoms in total. The van der Waals surface area contributed by atoms with Gasteiger partial charge in [-0.15, -0.1) is 0 Å². The summed E-state index contributed by atoms with van der Waals surface area (Å²) in [7, 11) is 0. The summed E-state index contributed by atoms with van der Waals surface area (Å²) in [5.41, 5.74) is 2.50. The minimum atomic E-state index is -0.667. The average Bonchev–Trinajstić information content (AvgIpc) is 2.74. The highest BCUT2D eigenvalue weighted by molar-refractivity contribution is 5.67. The molecule has 0 aromatic carbocycles. The van der Waals surface area contributed by atoms with Crippen LogP contribution in [0.1, 0.15) is 43.1 Å². The molecule has 1 fully saturated rings. The van der Waals surface area contributed by atoms with Gasteiger partial charge in [0.05, 0.1) is 6.42 Å². The van der Waals surface area contributed by atoms with Crippen LogP contribution in [-0.4, -0.2) is 15.6 Å². The maximum Gasteiger partial charge on any atom is 0.303 e. The third-order valence-electron chi connectivity index (χ3n) is 3.71. The van der Waals surface area contributed by atoms with Gasteiger partial charge >= 0.3 is 5.97 Å². The lowest BCUT2D eigenvalue weighted by Gasteiger charge is -2.23. The Kier molecular flexibility index (Phi) is 3.03. The fourth-order valence-electron chi connectivity index (χ4n) is 3.02. The van der Waals surface area contributed by atoms with Gasteiger partial charge in [0.1, 0.15) is 0 Å². The van der Waals surface area contributed by atoms with Crippen molar-refractivity contribution < 1.29 is 9.90 Å². The largest absolute Gasteiger partial charge is 0.481 e. The summed E-state index contributed by atoms with van der Waals surface area (Å²) < 4.78 is 2.32. The molecule has 1 aromatic rings. The summed E-state index contributed by atoms with van der Waals surface area (Å²) in [6.07, 6.45) is 3.63. The third kappa shape index (κ3) is 1.99. The van der Waals surface area contributed by atoms with Crippen molar-refractivity contribution in [3.8, 4) is 0 Å². The van der Waals surface area contributed by atoms with E-state index in [0.717, 1.165) is 19.3 Å². The van der Waals surface area contributed by atoms with Crippen LogP contribution in [0.5, 0.6) is 0 Å². The molecule has 0 amide bonds. The molecule has 2 rings (SSSR count). The van der Waals surface area contributed by atoms with Crippen LogP contribution in [0.15, 0.2) is 12.1 Å². The Hall–Kier alpha value is -1.25. The van der Waals surface area contributed by atoms with Crippen molar-refractivity contribution in [3.05, 3.63) is 23.5 Å². The number of aryl methyl sites for hydroxylation is 2. The van der Waals surface area contributed by atoms with Crippen molar-refractivity contribution >= 4 is 5.97 Å². The van der Waals surface area contributed by atoms with Crippen molar-refractivity contribution in [1.29, 1.82) is 0 Å². The zero-order valence-corrected chi connectivity index (χ0v) is 9.94. The fraction of sp³-hybridized carbons (Fsp3) is 0.615. The molecule has 1 saturated carbocycles. The first-order valence-corrected chi connectivity index (χ1v) is 5.96. The minimum absolute atomic E-state index is 0.307. The van der Waals surface area contributed by atoms with Gasteiger partial charge in [0.25, 0.3) is 0 Å². The zero-order chi connectivity index (χ0) is 11.7. The number of carboxylic acids is 1. The van der Waals surface area contributed by atoms with Crippen LogP contribution >= 0.6 is 0 Å². The Morgan fingerprint density at radius 1 is 1.38 bits per heavy atom. The monoisotopic (exact) mass is 221 g/mol. The number of hydrogen-bond acceptors (Lipinski definition) is 1. The van der Waals surface area contributed by atoms with Crippen LogP contribution in [0.3, 0.4) is 0 Å². The van der Waals surface area contributed by atoms with Crippen LogP contribution in [0, 0.1) is 19.8 Å². The molecule has 3 heteroatoms. The number of aliphatic carboxylic acids is 1. The molecule has 1 aromatic heterocycles. The maximum absolute atomic E-state index is 10.8.